The van der Waals surface area contributed by atoms with Gasteiger partial charge in [0, 0.05) is 0 Å². The van der Waals surface area contributed by atoms with Gasteiger partial charge < -0.3 is 4.74 Å². The molecule has 1 nitrogen and oxygen atoms in total. The zero-order chi connectivity index (χ0) is 12.3. The lowest BCUT2D eigenvalue weighted by molar-refractivity contribution is 0.304. The first-order chi connectivity index (χ1) is 8.16. The van der Waals surface area contributed by atoms with Crippen molar-refractivity contribution in [3.8, 4) is 5.75 Å². The molecule has 17 heavy (non-hydrogen) atoms. The van der Waals surface area contributed by atoms with Crippen LogP contribution < -0.4 is 4.74 Å². The minimum Gasteiger partial charge on any atom is -0.488 e. The minimum absolute atomic E-state index is 0.269. The number of rotatable bonds is 3. The lowest BCUT2D eigenvalue weighted by Crippen LogP contribution is -1.96. The summed E-state index contributed by atoms with van der Waals surface area (Å²) in [6.45, 7) is 0.404. The van der Waals surface area contributed by atoms with E-state index < -0.39 is 0 Å². The Morgan fingerprint density at radius 1 is 1.00 bits per heavy atom. The third-order valence-corrected chi connectivity index (χ3v) is 3.48. The van der Waals surface area contributed by atoms with Crippen molar-refractivity contribution in [2.24, 2.45) is 0 Å². The van der Waals surface area contributed by atoms with Gasteiger partial charge >= 0.3 is 0 Å². The Bertz CT molecular complexity index is 529. The van der Waals surface area contributed by atoms with Crippen LogP contribution >= 0.6 is 31.9 Å². The molecule has 0 N–H and O–H groups in total. The maximum atomic E-state index is 13.0. The van der Waals surface area contributed by atoms with Gasteiger partial charge in [-0.3, -0.25) is 0 Å². The van der Waals surface area contributed by atoms with Crippen molar-refractivity contribution in [1.82, 2.24) is 0 Å². The van der Waals surface area contributed by atoms with E-state index in [1.54, 1.807) is 12.1 Å². The van der Waals surface area contributed by atoms with E-state index in [1.165, 1.54) is 6.07 Å². The van der Waals surface area contributed by atoms with Crippen LogP contribution in [0.3, 0.4) is 0 Å². The van der Waals surface area contributed by atoms with Gasteiger partial charge in [-0.1, -0.05) is 18.2 Å². The van der Waals surface area contributed by atoms with Gasteiger partial charge in [0.05, 0.1) is 8.95 Å². The van der Waals surface area contributed by atoms with Crippen molar-refractivity contribution in [2.75, 3.05) is 0 Å². The number of hydrogen-bond acceptors (Lipinski definition) is 1. The third kappa shape index (κ3) is 3.30. The number of para-hydroxylation sites is 1. The van der Waals surface area contributed by atoms with Gasteiger partial charge in [0.2, 0.25) is 0 Å². The van der Waals surface area contributed by atoms with Crippen LogP contribution in [-0.2, 0) is 6.61 Å². The minimum atomic E-state index is -0.269. The van der Waals surface area contributed by atoms with Gasteiger partial charge in [-0.25, -0.2) is 4.39 Å². The summed E-state index contributed by atoms with van der Waals surface area (Å²) < 4.78 is 20.0. The molecule has 0 saturated carbocycles. The van der Waals surface area contributed by atoms with Crippen LogP contribution in [-0.4, -0.2) is 0 Å². The maximum Gasteiger partial charge on any atom is 0.137 e. The van der Waals surface area contributed by atoms with E-state index in [-0.39, 0.29) is 5.82 Å². The molecule has 4 heteroatoms. The number of ether oxygens (including phenoxy) is 1. The average Bonchev–Trinajstić information content (AvgIpc) is 2.32. The largest absolute Gasteiger partial charge is 0.488 e. The summed E-state index contributed by atoms with van der Waals surface area (Å²) in [5.74, 6) is 0.502. The van der Waals surface area contributed by atoms with Crippen molar-refractivity contribution in [3.63, 3.8) is 0 Å². The van der Waals surface area contributed by atoms with Gasteiger partial charge in [-0.05, 0) is 61.7 Å². The molecule has 2 rings (SSSR count). The van der Waals surface area contributed by atoms with Crippen molar-refractivity contribution in [3.05, 3.63) is 62.8 Å². The number of benzene rings is 2. The Hall–Kier alpha value is -0.870. The van der Waals surface area contributed by atoms with Crippen LogP contribution in [0, 0.1) is 5.82 Å². The Kier molecular flexibility index (Phi) is 4.18. The molecule has 0 bridgehead atoms. The van der Waals surface area contributed by atoms with Crippen LogP contribution in [0.1, 0.15) is 5.56 Å². The van der Waals surface area contributed by atoms with Gasteiger partial charge in [0.25, 0.3) is 0 Å². The summed E-state index contributed by atoms with van der Waals surface area (Å²) in [6, 6.07) is 12.5. The molecule has 2 aromatic carbocycles. The van der Waals surface area contributed by atoms with E-state index in [1.807, 2.05) is 24.3 Å². The molecule has 2 aromatic rings. The van der Waals surface area contributed by atoms with Gasteiger partial charge in [-0.2, -0.15) is 0 Å². The molecule has 0 radical (unpaired) electrons. The summed E-state index contributed by atoms with van der Waals surface area (Å²) >= 11 is 6.55. The molecule has 0 aliphatic heterocycles. The molecule has 0 aromatic heterocycles. The van der Waals surface area contributed by atoms with E-state index in [2.05, 4.69) is 31.9 Å². The third-order valence-electron chi connectivity index (χ3n) is 2.22. The molecule has 0 unspecified atom stereocenters. The summed E-state index contributed by atoms with van der Waals surface area (Å²) in [7, 11) is 0. The van der Waals surface area contributed by atoms with Crippen LogP contribution in [0.5, 0.6) is 5.75 Å². The molecule has 0 aliphatic rings. The highest BCUT2D eigenvalue weighted by atomic mass is 79.9. The van der Waals surface area contributed by atoms with E-state index in [4.69, 9.17) is 4.74 Å². The molecule has 0 saturated heterocycles. The van der Waals surface area contributed by atoms with Crippen LogP contribution in [0.4, 0.5) is 4.39 Å². The smallest absolute Gasteiger partial charge is 0.137 e. The van der Waals surface area contributed by atoms with E-state index in [0.29, 0.717) is 11.1 Å². The molecule has 0 atom stereocenters. The second-order valence-electron chi connectivity index (χ2n) is 3.47. The van der Waals surface area contributed by atoms with Crippen molar-refractivity contribution in [2.45, 2.75) is 6.61 Å². The predicted molar refractivity (Wildman–Crippen MR) is 72.6 cm³/mol. The first-order valence-corrected chi connectivity index (χ1v) is 6.56. The first kappa shape index (κ1) is 12.6. The molecule has 88 valence electrons. The van der Waals surface area contributed by atoms with Crippen molar-refractivity contribution < 1.29 is 9.13 Å². The fourth-order valence-electron chi connectivity index (χ4n) is 1.35. The summed E-state index contributed by atoms with van der Waals surface area (Å²) in [5.41, 5.74) is 0.911. The summed E-state index contributed by atoms with van der Waals surface area (Å²) in [4.78, 5) is 0. The molecule has 0 heterocycles. The maximum absolute atomic E-state index is 13.0. The predicted octanol–water partition coefficient (Wildman–Crippen LogP) is 4.93. The molecule has 0 aliphatic carbocycles. The summed E-state index contributed by atoms with van der Waals surface area (Å²) in [6.07, 6.45) is 0. The first-order valence-electron chi connectivity index (χ1n) is 4.98. The van der Waals surface area contributed by atoms with Crippen LogP contribution in [0.15, 0.2) is 51.4 Å². The van der Waals surface area contributed by atoms with Crippen LogP contribution in [0.2, 0.25) is 0 Å². The van der Waals surface area contributed by atoms with Gasteiger partial charge in [0.15, 0.2) is 0 Å². The van der Waals surface area contributed by atoms with Crippen LogP contribution in [0.25, 0.3) is 0 Å². The zero-order valence-corrected chi connectivity index (χ0v) is 12.0. The highest BCUT2D eigenvalue weighted by molar-refractivity contribution is 9.10. The standard InChI is InChI=1S/C13H9Br2FO/c14-10-3-1-2-4-13(10)17-8-9-5-6-12(16)11(15)7-9/h1-7H,8H2. The Morgan fingerprint density at radius 3 is 2.47 bits per heavy atom. The quantitative estimate of drug-likeness (QED) is 0.754. The fourth-order valence-corrected chi connectivity index (χ4v) is 2.18. The molecule has 0 amide bonds. The second-order valence-corrected chi connectivity index (χ2v) is 5.18. The number of hydrogen-bond donors (Lipinski definition) is 0. The van der Waals surface area contributed by atoms with Gasteiger partial charge in [0.1, 0.15) is 18.2 Å². The summed E-state index contributed by atoms with van der Waals surface area (Å²) in [5, 5.41) is 0. The van der Waals surface area contributed by atoms with E-state index in [9.17, 15) is 4.39 Å². The lowest BCUT2D eigenvalue weighted by atomic mass is 10.2. The van der Waals surface area contributed by atoms with E-state index >= 15 is 0 Å². The van der Waals surface area contributed by atoms with E-state index in [0.717, 1.165) is 15.8 Å². The Balaban J connectivity index is 2.08. The average molecular weight is 360 g/mol. The monoisotopic (exact) mass is 358 g/mol. The lowest BCUT2D eigenvalue weighted by Gasteiger charge is -2.08. The molecular formula is C13H9Br2FO. The normalized spacial score (nSPS) is 10.3. The highest BCUT2D eigenvalue weighted by Gasteiger charge is 2.03. The Morgan fingerprint density at radius 2 is 1.76 bits per heavy atom. The number of halogens is 3. The van der Waals surface area contributed by atoms with Gasteiger partial charge in [-0.15, -0.1) is 0 Å². The SMILES string of the molecule is Fc1ccc(COc2ccccc2Br)cc1Br. The Labute approximate surface area is 116 Å². The zero-order valence-electron chi connectivity index (χ0n) is 8.79. The highest BCUT2D eigenvalue weighted by Crippen LogP contribution is 2.25. The van der Waals surface area contributed by atoms with Crippen molar-refractivity contribution >= 4 is 31.9 Å². The molecular weight excluding hydrogens is 351 g/mol. The topological polar surface area (TPSA) is 9.23 Å². The second kappa shape index (κ2) is 5.65. The fraction of sp³-hybridized carbons (Fsp3) is 0.0769. The molecule has 0 spiro atoms. The molecule has 0 fully saturated rings. The van der Waals surface area contributed by atoms with Crippen molar-refractivity contribution in [1.29, 1.82) is 0 Å².